The Labute approximate surface area is 117 Å². The summed E-state index contributed by atoms with van der Waals surface area (Å²) in [5.74, 6) is 2.59. The molecule has 2 aromatic rings. The van der Waals surface area contributed by atoms with Crippen molar-refractivity contribution >= 4 is 0 Å². The molecule has 2 heterocycles. The first-order chi connectivity index (χ1) is 9.72. The highest BCUT2D eigenvalue weighted by atomic mass is 16.7. The molecule has 1 aliphatic rings. The maximum absolute atomic E-state index is 5.65. The van der Waals surface area contributed by atoms with Crippen LogP contribution >= 0.6 is 0 Å². The number of ether oxygens (including phenoxy) is 2. The van der Waals surface area contributed by atoms with Crippen LogP contribution in [0.2, 0.25) is 0 Å². The fraction of sp³-hybridized carbons (Fsp3) is 0.429. The predicted molar refractivity (Wildman–Crippen MR) is 72.7 cm³/mol. The summed E-state index contributed by atoms with van der Waals surface area (Å²) >= 11 is 0. The Hall–Kier alpha value is -2.08. The maximum Gasteiger partial charge on any atom is 0.247 e. The highest BCUT2D eigenvalue weighted by Crippen LogP contribution is 2.35. The van der Waals surface area contributed by atoms with Gasteiger partial charge in [-0.15, -0.1) is 10.2 Å². The molecule has 0 spiro atoms. The summed E-state index contributed by atoms with van der Waals surface area (Å²) in [4.78, 5) is 0. The van der Waals surface area contributed by atoms with Crippen LogP contribution in [0.1, 0.15) is 19.7 Å². The lowest BCUT2D eigenvalue weighted by Gasteiger charge is -2.04. The van der Waals surface area contributed by atoms with Crippen molar-refractivity contribution in [2.75, 3.05) is 13.3 Å². The average Bonchev–Trinajstić information content (AvgIpc) is 3.05. The minimum Gasteiger partial charge on any atom is -0.454 e. The van der Waals surface area contributed by atoms with Gasteiger partial charge in [0.15, 0.2) is 11.5 Å². The van der Waals surface area contributed by atoms with Gasteiger partial charge >= 0.3 is 0 Å². The van der Waals surface area contributed by atoms with Gasteiger partial charge in [0.2, 0.25) is 18.6 Å². The minimum atomic E-state index is 0.259. The first-order valence-corrected chi connectivity index (χ1v) is 6.68. The second kappa shape index (κ2) is 5.50. The van der Waals surface area contributed by atoms with Gasteiger partial charge in [-0.2, -0.15) is 0 Å². The zero-order chi connectivity index (χ0) is 13.9. The van der Waals surface area contributed by atoms with Crippen molar-refractivity contribution in [1.82, 2.24) is 15.5 Å². The molecule has 6 heteroatoms. The highest BCUT2D eigenvalue weighted by Gasteiger charge is 2.16. The van der Waals surface area contributed by atoms with E-state index in [1.54, 1.807) is 0 Å². The number of rotatable bonds is 5. The third-order valence-corrected chi connectivity index (χ3v) is 2.98. The van der Waals surface area contributed by atoms with Crippen LogP contribution in [0.15, 0.2) is 22.6 Å². The summed E-state index contributed by atoms with van der Waals surface area (Å²) in [5.41, 5.74) is 0.838. The van der Waals surface area contributed by atoms with E-state index >= 15 is 0 Å². The topological polar surface area (TPSA) is 69.4 Å². The third-order valence-electron chi connectivity index (χ3n) is 2.98. The van der Waals surface area contributed by atoms with Gasteiger partial charge in [-0.1, -0.05) is 13.8 Å². The summed E-state index contributed by atoms with van der Waals surface area (Å²) in [6.07, 6.45) is 0.718. The Morgan fingerprint density at radius 1 is 1.20 bits per heavy atom. The van der Waals surface area contributed by atoms with Crippen LogP contribution in [-0.4, -0.2) is 29.6 Å². The molecule has 1 N–H and O–H groups in total. The quantitative estimate of drug-likeness (QED) is 0.900. The molecule has 0 radical (unpaired) electrons. The standard InChI is InChI=1S/C14H17N3O3/c1-9(2)15-6-5-13-16-17-14(20-13)10-3-4-11-12(7-10)19-8-18-11/h3-4,7,9,15H,5-6,8H2,1-2H3. The molecule has 0 unspecified atom stereocenters. The number of benzene rings is 1. The zero-order valence-electron chi connectivity index (χ0n) is 11.5. The van der Waals surface area contributed by atoms with E-state index in [-0.39, 0.29) is 6.79 Å². The number of aromatic nitrogens is 2. The molecule has 0 bridgehead atoms. The molecule has 0 saturated heterocycles. The molecule has 20 heavy (non-hydrogen) atoms. The Kier molecular flexibility index (Phi) is 3.56. The van der Waals surface area contributed by atoms with E-state index in [1.807, 2.05) is 18.2 Å². The lowest BCUT2D eigenvalue weighted by molar-refractivity contribution is 0.174. The van der Waals surface area contributed by atoms with Crippen molar-refractivity contribution in [2.24, 2.45) is 0 Å². The fourth-order valence-corrected chi connectivity index (χ4v) is 1.97. The first kappa shape index (κ1) is 12.9. The van der Waals surface area contributed by atoms with E-state index in [4.69, 9.17) is 13.9 Å². The Morgan fingerprint density at radius 2 is 2.05 bits per heavy atom. The summed E-state index contributed by atoms with van der Waals surface area (Å²) in [6, 6.07) is 6.04. The van der Waals surface area contributed by atoms with Crippen LogP contribution in [-0.2, 0) is 6.42 Å². The predicted octanol–water partition coefficient (Wildman–Crippen LogP) is 2.01. The largest absolute Gasteiger partial charge is 0.454 e. The highest BCUT2D eigenvalue weighted by molar-refractivity contribution is 5.60. The fourth-order valence-electron chi connectivity index (χ4n) is 1.97. The Bertz CT molecular complexity index is 595. The number of nitrogens with one attached hydrogen (secondary N) is 1. The van der Waals surface area contributed by atoms with Crippen molar-refractivity contribution in [3.05, 3.63) is 24.1 Å². The van der Waals surface area contributed by atoms with Gasteiger partial charge in [-0.25, -0.2) is 0 Å². The average molecular weight is 275 g/mol. The lowest BCUT2D eigenvalue weighted by atomic mass is 10.2. The summed E-state index contributed by atoms with van der Waals surface area (Å²) in [6.45, 7) is 5.28. The molecule has 0 aliphatic carbocycles. The molecule has 3 rings (SSSR count). The monoisotopic (exact) mass is 275 g/mol. The lowest BCUT2D eigenvalue weighted by Crippen LogP contribution is -2.25. The van der Waals surface area contributed by atoms with Crippen molar-refractivity contribution in [3.63, 3.8) is 0 Å². The SMILES string of the molecule is CC(C)NCCc1nnc(-c2ccc3c(c2)OCO3)o1. The molecule has 6 nitrogen and oxygen atoms in total. The minimum absolute atomic E-state index is 0.259. The van der Waals surface area contributed by atoms with E-state index < -0.39 is 0 Å². The van der Waals surface area contributed by atoms with Crippen LogP contribution in [0, 0.1) is 0 Å². The molecule has 1 aromatic carbocycles. The van der Waals surface area contributed by atoms with E-state index in [1.165, 1.54) is 0 Å². The third kappa shape index (κ3) is 2.75. The van der Waals surface area contributed by atoms with E-state index in [0.29, 0.717) is 23.6 Å². The van der Waals surface area contributed by atoms with Crippen LogP contribution < -0.4 is 14.8 Å². The number of hydrogen-bond acceptors (Lipinski definition) is 6. The summed E-state index contributed by atoms with van der Waals surface area (Å²) < 4.78 is 16.3. The van der Waals surface area contributed by atoms with Gasteiger partial charge in [-0.05, 0) is 18.2 Å². The zero-order valence-corrected chi connectivity index (χ0v) is 11.5. The molecule has 1 aliphatic heterocycles. The van der Waals surface area contributed by atoms with Crippen molar-refractivity contribution in [2.45, 2.75) is 26.3 Å². The molecular formula is C14H17N3O3. The number of nitrogens with zero attached hydrogens (tertiary/aromatic N) is 2. The summed E-state index contributed by atoms with van der Waals surface area (Å²) in [5, 5.41) is 11.4. The van der Waals surface area contributed by atoms with Gasteiger partial charge < -0.3 is 19.2 Å². The van der Waals surface area contributed by atoms with E-state index in [2.05, 4.69) is 29.4 Å². The Balaban J connectivity index is 1.70. The van der Waals surface area contributed by atoms with Gasteiger partial charge in [0.25, 0.3) is 0 Å². The molecule has 106 valence electrons. The number of fused-ring (bicyclic) bond motifs is 1. The van der Waals surface area contributed by atoms with Crippen LogP contribution in [0.25, 0.3) is 11.5 Å². The summed E-state index contributed by atoms with van der Waals surface area (Å²) in [7, 11) is 0. The molecule has 0 atom stereocenters. The molecule has 0 amide bonds. The van der Waals surface area contributed by atoms with Crippen LogP contribution in [0.5, 0.6) is 11.5 Å². The van der Waals surface area contributed by atoms with Crippen molar-refractivity contribution in [3.8, 4) is 23.0 Å². The second-order valence-corrected chi connectivity index (χ2v) is 4.93. The Morgan fingerprint density at radius 3 is 2.90 bits per heavy atom. The normalized spacial score (nSPS) is 13.2. The van der Waals surface area contributed by atoms with Crippen LogP contribution in [0.3, 0.4) is 0 Å². The first-order valence-electron chi connectivity index (χ1n) is 6.68. The van der Waals surface area contributed by atoms with E-state index in [0.717, 1.165) is 24.3 Å². The smallest absolute Gasteiger partial charge is 0.247 e. The van der Waals surface area contributed by atoms with Crippen molar-refractivity contribution < 1.29 is 13.9 Å². The molecule has 0 saturated carbocycles. The van der Waals surface area contributed by atoms with Crippen molar-refractivity contribution in [1.29, 1.82) is 0 Å². The maximum atomic E-state index is 5.65. The van der Waals surface area contributed by atoms with Gasteiger partial charge in [-0.3, -0.25) is 0 Å². The van der Waals surface area contributed by atoms with Crippen LogP contribution in [0.4, 0.5) is 0 Å². The van der Waals surface area contributed by atoms with Gasteiger partial charge in [0.05, 0.1) is 0 Å². The molecule has 0 fully saturated rings. The number of hydrogen-bond donors (Lipinski definition) is 1. The molecular weight excluding hydrogens is 258 g/mol. The van der Waals surface area contributed by atoms with Gasteiger partial charge in [0, 0.05) is 24.6 Å². The molecule has 1 aromatic heterocycles. The van der Waals surface area contributed by atoms with Gasteiger partial charge in [0.1, 0.15) is 0 Å². The van der Waals surface area contributed by atoms with E-state index in [9.17, 15) is 0 Å². The second-order valence-electron chi connectivity index (χ2n) is 4.93.